The van der Waals surface area contributed by atoms with Crippen molar-refractivity contribution in [3.63, 3.8) is 0 Å². The molecule has 0 saturated heterocycles. The quantitative estimate of drug-likeness (QED) is 0.647. The van der Waals surface area contributed by atoms with Gasteiger partial charge in [0.05, 0.1) is 12.2 Å². The fraction of sp³-hybridized carbons (Fsp3) is 0.625. The van der Waals surface area contributed by atoms with E-state index < -0.39 is 0 Å². The van der Waals surface area contributed by atoms with E-state index in [1.807, 2.05) is 6.20 Å². The maximum Gasteiger partial charge on any atom is 0.0554 e. The van der Waals surface area contributed by atoms with Crippen LogP contribution in [0.4, 0.5) is 0 Å². The zero-order valence-electron chi connectivity index (χ0n) is 6.75. The molecular weight excluding hydrogens is 138 g/mol. The van der Waals surface area contributed by atoms with Crippen molar-refractivity contribution in [3.8, 4) is 0 Å². The number of nitrogens with one attached hydrogen (secondary N) is 1. The van der Waals surface area contributed by atoms with Gasteiger partial charge in [-0.3, -0.25) is 4.68 Å². The molecule has 60 valence electrons. The normalized spacial score (nSPS) is 23.2. The maximum atomic E-state index is 4.23. The van der Waals surface area contributed by atoms with E-state index in [2.05, 4.69) is 28.1 Å². The van der Waals surface area contributed by atoms with Crippen LogP contribution in [-0.4, -0.2) is 16.3 Å². The molecule has 2 rings (SSSR count). The highest BCUT2D eigenvalue weighted by Crippen LogP contribution is 2.18. The Kier molecular flexibility index (Phi) is 1.66. The van der Waals surface area contributed by atoms with E-state index in [4.69, 9.17) is 0 Å². The Morgan fingerprint density at radius 1 is 1.82 bits per heavy atom. The highest BCUT2D eigenvalue weighted by Gasteiger charge is 2.17. The lowest BCUT2D eigenvalue weighted by Crippen LogP contribution is -2.33. The summed E-state index contributed by atoms with van der Waals surface area (Å²) in [5, 5.41) is 7.68. The van der Waals surface area contributed by atoms with Gasteiger partial charge in [0, 0.05) is 18.8 Å². The lowest BCUT2D eigenvalue weighted by molar-refractivity contribution is 0.393. The fourth-order valence-electron chi connectivity index (χ4n) is 1.63. The number of aromatic nitrogens is 2. The number of nitrogens with zero attached hydrogens (tertiary/aromatic N) is 2. The zero-order chi connectivity index (χ0) is 7.68. The Bertz CT molecular complexity index is 241. The van der Waals surface area contributed by atoms with Gasteiger partial charge >= 0.3 is 0 Å². The van der Waals surface area contributed by atoms with Gasteiger partial charge in [-0.1, -0.05) is 6.92 Å². The van der Waals surface area contributed by atoms with Crippen molar-refractivity contribution in [2.45, 2.75) is 25.9 Å². The van der Waals surface area contributed by atoms with Crippen molar-refractivity contribution in [3.05, 3.63) is 18.0 Å². The summed E-state index contributed by atoms with van der Waals surface area (Å²) < 4.78 is 2.09. The highest BCUT2D eigenvalue weighted by molar-refractivity contribution is 5.08. The first-order chi connectivity index (χ1) is 5.42. The van der Waals surface area contributed by atoms with Crippen LogP contribution in [0.3, 0.4) is 0 Å². The van der Waals surface area contributed by atoms with E-state index in [-0.39, 0.29) is 0 Å². The Hall–Kier alpha value is -0.830. The van der Waals surface area contributed by atoms with Crippen molar-refractivity contribution in [1.82, 2.24) is 15.1 Å². The second-order valence-corrected chi connectivity index (χ2v) is 2.89. The van der Waals surface area contributed by atoms with Crippen molar-refractivity contribution in [1.29, 1.82) is 0 Å². The largest absolute Gasteiger partial charge is 0.307 e. The molecule has 3 nitrogen and oxygen atoms in total. The molecule has 0 aromatic carbocycles. The van der Waals surface area contributed by atoms with Gasteiger partial charge in [-0.2, -0.15) is 5.10 Å². The molecule has 0 spiro atoms. The molecule has 0 fully saturated rings. The van der Waals surface area contributed by atoms with Crippen molar-refractivity contribution < 1.29 is 0 Å². The van der Waals surface area contributed by atoms with Gasteiger partial charge in [0.2, 0.25) is 0 Å². The standard InChI is InChI=1S/C8H13N3/c1-2-7-8-3-4-10-11(8)6-5-9-7/h3-4,7,9H,2,5-6H2,1H3. The highest BCUT2D eigenvalue weighted by atomic mass is 15.3. The Morgan fingerprint density at radius 3 is 3.55 bits per heavy atom. The minimum Gasteiger partial charge on any atom is -0.307 e. The minimum atomic E-state index is 0.520. The topological polar surface area (TPSA) is 29.9 Å². The van der Waals surface area contributed by atoms with Crippen molar-refractivity contribution >= 4 is 0 Å². The predicted octanol–water partition coefficient (Wildman–Crippen LogP) is 0.937. The van der Waals surface area contributed by atoms with Gasteiger partial charge in [0.15, 0.2) is 0 Å². The van der Waals surface area contributed by atoms with Crippen LogP contribution in [0.15, 0.2) is 12.3 Å². The molecule has 11 heavy (non-hydrogen) atoms. The molecule has 1 N–H and O–H groups in total. The average Bonchev–Trinajstić information content (AvgIpc) is 2.50. The molecule has 1 aromatic heterocycles. The summed E-state index contributed by atoms with van der Waals surface area (Å²) in [7, 11) is 0. The van der Waals surface area contributed by atoms with Gasteiger partial charge in [-0.25, -0.2) is 0 Å². The Labute approximate surface area is 66.4 Å². The average molecular weight is 151 g/mol. The SMILES string of the molecule is CCC1NCCn2nccc21. The minimum absolute atomic E-state index is 0.520. The summed E-state index contributed by atoms with van der Waals surface area (Å²) in [4.78, 5) is 0. The van der Waals surface area contributed by atoms with E-state index in [1.165, 1.54) is 5.69 Å². The lowest BCUT2D eigenvalue weighted by Gasteiger charge is -2.23. The van der Waals surface area contributed by atoms with E-state index in [0.29, 0.717) is 6.04 Å². The van der Waals surface area contributed by atoms with E-state index >= 15 is 0 Å². The van der Waals surface area contributed by atoms with Crippen LogP contribution in [0.5, 0.6) is 0 Å². The molecule has 1 aliphatic heterocycles. The van der Waals surface area contributed by atoms with Crippen molar-refractivity contribution in [2.75, 3.05) is 6.54 Å². The molecule has 0 bridgehead atoms. The summed E-state index contributed by atoms with van der Waals surface area (Å²) in [5.41, 5.74) is 1.33. The van der Waals surface area contributed by atoms with E-state index in [0.717, 1.165) is 19.5 Å². The first-order valence-corrected chi connectivity index (χ1v) is 4.17. The molecular formula is C8H13N3. The third-order valence-electron chi connectivity index (χ3n) is 2.23. The van der Waals surface area contributed by atoms with Crippen LogP contribution in [0.25, 0.3) is 0 Å². The van der Waals surface area contributed by atoms with Crippen LogP contribution >= 0.6 is 0 Å². The summed E-state index contributed by atoms with van der Waals surface area (Å²) in [6.07, 6.45) is 3.02. The molecule has 0 aliphatic carbocycles. The third-order valence-corrected chi connectivity index (χ3v) is 2.23. The van der Waals surface area contributed by atoms with Crippen LogP contribution in [-0.2, 0) is 6.54 Å². The van der Waals surface area contributed by atoms with E-state index in [1.54, 1.807) is 0 Å². The van der Waals surface area contributed by atoms with E-state index in [9.17, 15) is 0 Å². The summed E-state index contributed by atoms with van der Waals surface area (Å²) in [5.74, 6) is 0. The van der Waals surface area contributed by atoms with Gasteiger partial charge < -0.3 is 5.32 Å². The first kappa shape index (κ1) is 6.85. The molecule has 0 saturated carbocycles. The number of rotatable bonds is 1. The van der Waals surface area contributed by atoms with Gasteiger partial charge in [-0.05, 0) is 12.5 Å². The summed E-state index contributed by atoms with van der Waals surface area (Å²) >= 11 is 0. The monoisotopic (exact) mass is 151 g/mol. The molecule has 0 radical (unpaired) electrons. The van der Waals surface area contributed by atoms with Gasteiger partial charge in [-0.15, -0.1) is 0 Å². The molecule has 1 aromatic rings. The number of fused-ring (bicyclic) bond motifs is 1. The molecule has 3 heteroatoms. The molecule has 2 heterocycles. The Balaban J connectivity index is 2.32. The fourth-order valence-corrected chi connectivity index (χ4v) is 1.63. The second-order valence-electron chi connectivity index (χ2n) is 2.89. The lowest BCUT2D eigenvalue weighted by atomic mass is 10.1. The maximum absolute atomic E-state index is 4.23. The third kappa shape index (κ3) is 1.05. The van der Waals surface area contributed by atoms with Crippen LogP contribution < -0.4 is 5.32 Å². The van der Waals surface area contributed by atoms with Gasteiger partial charge in [0.25, 0.3) is 0 Å². The predicted molar refractivity (Wildman–Crippen MR) is 43.3 cm³/mol. The van der Waals surface area contributed by atoms with Crippen LogP contribution in [0.1, 0.15) is 25.1 Å². The molecule has 1 atom stereocenters. The van der Waals surface area contributed by atoms with Gasteiger partial charge in [0.1, 0.15) is 0 Å². The smallest absolute Gasteiger partial charge is 0.0554 e. The summed E-state index contributed by atoms with van der Waals surface area (Å²) in [6, 6.07) is 2.62. The second kappa shape index (κ2) is 2.66. The zero-order valence-corrected chi connectivity index (χ0v) is 6.75. The Morgan fingerprint density at radius 2 is 2.73 bits per heavy atom. The first-order valence-electron chi connectivity index (χ1n) is 4.17. The molecule has 1 aliphatic rings. The van der Waals surface area contributed by atoms with Crippen LogP contribution in [0.2, 0.25) is 0 Å². The molecule has 1 unspecified atom stereocenters. The van der Waals surface area contributed by atoms with Crippen LogP contribution in [0, 0.1) is 0 Å². The number of hydrogen-bond acceptors (Lipinski definition) is 2. The number of hydrogen-bond donors (Lipinski definition) is 1. The summed E-state index contributed by atoms with van der Waals surface area (Å²) in [6.45, 7) is 4.26. The van der Waals surface area contributed by atoms with Crippen molar-refractivity contribution in [2.24, 2.45) is 0 Å². The molecule has 0 amide bonds.